The van der Waals surface area contributed by atoms with Crippen LogP contribution >= 0.6 is 0 Å². The van der Waals surface area contributed by atoms with Crippen LogP contribution in [0.15, 0.2) is 30.3 Å². The zero-order valence-electron chi connectivity index (χ0n) is 16.1. The summed E-state index contributed by atoms with van der Waals surface area (Å²) in [5.41, 5.74) is 1.26. The van der Waals surface area contributed by atoms with Crippen LogP contribution < -0.4 is 5.32 Å². The molecule has 1 fully saturated rings. The molecule has 2 atom stereocenters. The molecule has 0 aliphatic carbocycles. The number of nitrogens with one attached hydrogen (secondary N) is 1. The van der Waals surface area contributed by atoms with E-state index in [-0.39, 0.29) is 24.0 Å². The third-order valence-corrected chi connectivity index (χ3v) is 4.87. The van der Waals surface area contributed by atoms with Gasteiger partial charge in [0.05, 0.1) is 12.5 Å². The SMILES string of the molecule is CCOC(=O)N1CCCC(C(=O)NCC(Cc2ccccc2)N(C)C)C1. The molecule has 0 spiro atoms. The summed E-state index contributed by atoms with van der Waals surface area (Å²) in [6, 6.07) is 10.5. The minimum absolute atomic E-state index is 0.0268. The number of rotatable bonds is 7. The minimum Gasteiger partial charge on any atom is -0.450 e. The van der Waals surface area contributed by atoms with Crippen molar-refractivity contribution in [3.05, 3.63) is 35.9 Å². The molecular weight excluding hydrogens is 330 g/mol. The summed E-state index contributed by atoms with van der Waals surface area (Å²) >= 11 is 0. The Hall–Kier alpha value is -2.08. The van der Waals surface area contributed by atoms with Gasteiger partial charge in [0.2, 0.25) is 5.91 Å². The van der Waals surface area contributed by atoms with Crippen molar-refractivity contribution >= 4 is 12.0 Å². The first-order valence-electron chi connectivity index (χ1n) is 9.41. The third kappa shape index (κ3) is 6.02. The first-order chi connectivity index (χ1) is 12.5. The summed E-state index contributed by atoms with van der Waals surface area (Å²) in [4.78, 5) is 28.3. The maximum atomic E-state index is 12.6. The first kappa shape index (κ1) is 20.2. The predicted octanol–water partition coefficient (Wildman–Crippen LogP) is 2.14. The van der Waals surface area contributed by atoms with Gasteiger partial charge in [-0.1, -0.05) is 30.3 Å². The van der Waals surface area contributed by atoms with Gasteiger partial charge in [0.1, 0.15) is 0 Å². The molecule has 1 aromatic rings. The lowest BCUT2D eigenvalue weighted by molar-refractivity contribution is -0.126. The number of nitrogens with zero attached hydrogens (tertiary/aromatic N) is 2. The minimum atomic E-state index is -0.319. The van der Waals surface area contributed by atoms with Crippen LogP contribution in [0.3, 0.4) is 0 Å². The van der Waals surface area contributed by atoms with Gasteiger partial charge in [-0.3, -0.25) is 4.79 Å². The Kier molecular flexibility index (Phi) is 7.91. The maximum Gasteiger partial charge on any atom is 0.409 e. The fourth-order valence-electron chi connectivity index (χ4n) is 3.26. The van der Waals surface area contributed by atoms with E-state index in [2.05, 4.69) is 22.3 Å². The lowest BCUT2D eigenvalue weighted by Gasteiger charge is -2.32. The van der Waals surface area contributed by atoms with Gasteiger partial charge >= 0.3 is 6.09 Å². The Morgan fingerprint density at radius 1 is 1.31 bits per heavy atom. The van der Waals surface area contributed by atoms with Gasteiger partial charge in [-0.15, -0.1) is 0 Å². The molecule has 6 heteroatoms. The summed E-state index contributed by atoms with van der Waals surface area (Å²) in [6.07, 6.45) is 2.21. The Labute approximate surface area is 156 Å². The Morgan fingerprint density at radius 3 is 2.69 bits per heavy atom. The van der Waals surface area contributed by atoms with Crippen LogP contribution in [0.4, 0.5) is 4.79 Å². The summed E-state index contributed by atoms with van der Waals surface area (Å²) in [5, 5.41) is 3.09. The molecule has 2 rings (SSSR count). The molecule has 1 aromatic carbocycles. The highest BCUT2D eigenvalue weighted by molar-refractivity contribution is 5.80. The van der Waals surface area contributed by atoms with E-state index in [1.807, 2.05) is 32.3 Å². The van der Waals surface area contributed by atoms with E-state index in [0.717, 1.165) is 19.3 Å². The standard InChI is InChI=1S/C20H31N3O3/c1-4-26-20(25)23-12-8-11-17(15-23)19(24)21-14-18(22(2)3)13-16-9-6-5-7-10-16/h5-7,9-10,17-18H,4,8,11-15H2,1-3H3,(H,21,24). The highest BCUT2D eigenvalue weighted by Gasteiger charge is 2.29. The Bertz CT molecular complexity index is 577. The average molecular weight is 361 g/mol. The van der Waals surface area contributed by atoms with E-state index in [1.54, 1.807) is 11.8 Å². The maximum absolute atomic E-state index is 12.6. The van der Waals surface area contributed by atoms with E-state index in [9.17, 15) is 9.59 Å². The van der Waals surface area contributed by atoms with Crippen molar-refractivity contribution in [3.63, 3.8) is 0 Å². The molecule has 2 unspecified atom stereocenters. The molecular formula is C20H31N3O3. The number of hydrogen-bond acceptors (Lipinski definition) is 4. The highest BCUT2D eigenvalue weighted by atomic mass is 16.6. The third-order valence-electron chi connectivity index (χ3n) is 4.87. The zero-order chi connectivity index (χ0) is 18.9. The van der Waals surface area contributed by atoms with Crippen LogP contribution in [0, 0.1) is 5.92 Å². The van der Waals surface area contributed by atoms with Crippen molar-refractivity contribution in [2.75, 3.05) is 40.3 Å². The molecule has 1 heterocycles. The van der Waals surface area contributed by atoms with Crippen LogP contribution in [0.1, 0.15) is 25.3 Å². The van der Waals surface area contributed by atoms with Gasteiger partial charge in [-0.2, -0.15) is 0 Å². The summed E-state index contributed by atoms with van der Waals surface area (Å²) < 4.78 is 5.05. The second kappa shape index (κ2) is 10.2. The van der Waals surface area contributed by atoms with Crippen molar-refractivity contribution in [1.29, 1.82) is 0 Å². The van der Waals surface area contributed by atoms with Crippen molar-refractivity contribution < 1.29 is 14.3 Å². The summed E-state index contributed by atoms with van der Waals surface area (Å²) in [7, 11) is 4.06. The number of carbonyl (C=O) groups excluding carboxylic acids is 2. The molecule has 1 aliphatic rings. The summed E-state index contributed by atoms with van der Waals surface area (Å²) in [6.45, 7) is 3.85. The van der Waals surface area contributed by atoms with E-state index in [0.29, 0.717) is 26.2 Å². The van der Waals surface area contributed by atoms with Crippen LogP contribution in [-0.2, 0) is 16.0 Å². The van der Waals surface area contributed by atoms with Crippen molar-refractivity contribution in [2.45, 2.75) is 32.2 Å². The van der Waals surface area contributed by atoms with E-state index in [4.69, 9.17) is 4.74 Å². The van der Waals surface area contributed by atoms with E-state index in [1.165, 1.54) is 5.56 Å². The number of ether oxygens (including phenoxy) is 1. The number of benzene rings is 1. The quantitative estimate of drug-likeness (QED) is 0.808. The fraction of sp³-hybridized carbons (Fsp3) is 0.600. The van der Waals surface area contributed by atoms with Gasteiger partial charge in [0.15, 0.2) is 0 Å². The number of likely N-dealkylation sites (tertiary alicyclic amines) is 1. The molecule has 2 amide bonds. The Balaban J connectivity index is 1.86. The van der Waals surface area contributed by atoms with Crippen LogP contribution in [-0.4, -0.2) is 68.2 Å². The molecule has 0 saturated carbocycles. The monoisotopic (exact) mass is 361 g/mol. The lowest BCUT2D eigenvalue weighted by atomic mass is 9.97. The smallest absolute Gasteiger partial charge is 0.409 e. The number of piperidine rings is 1. The second-order valence-corrected chi connectivity index (χ2v) is 7.04. The van der Waals surface area contributed by atoms with E-state index >= 15 is 0 Å². The first-order valence-corrected chi connectivity index (χ1v) is 9.41. The molecule has 6 nitrogen and oxygen atoms in total. The summed E-state index contributed by atoms with van der Waals surface area (Å²) in [5.74, 6) is -0.133. The molecule has 0 aromatic heterocycles. The molecule has 0 bridgehead atoms. The normalized spacial score (nSPS) is 18.5. The van der Waals surface area contributed by atoms with Gasteiger partial charge in [-0.25, -0.2) is 4.79 Å². The van der Waals surface area contributed by atoms with Crippen LogP contribution in [0.2, 0.25) is 0 Å². The highest BCUT2D eigenvalue weighted by Crippen LogP contribution is 2.17. The molecule has 0 radical (unpaired) electrons. The fourth-order valence-corrected chi connectivity index (χ4v) is 3.26. The van der Waals surface area contributed by atoms with Crippen molar-refractivity contribution in [1.82, 2.24) is 15.1 Å². The van der Waals surface area contributed by atoms with Gasteiger partial charge in [-0.05, 0) is 45.8 Å². The van der Waals surface area contributed by atoms with Crippen molar-refractivity contribution in [2.24, 2.45) is 5.92 Å². The number of hydrogen-bond donors (Lipinski definition) is 1. The molecule has 1 saturated heterocycles. The molecule has 1 N–H and O–H groups in total. The predicted molar refractivity (Wildman–Crippen MR) is 102 cm³/mol. The van der Waals surface area contributed by atoms with Gasteiger partial charge in [0.25, 0.3) is 0 Å². The molecule has 144 valence electrons. The number of amides is 2. The lowest BCUT2D eigenvalue weighted by Crippen LogP contribution is -2.48. The second-order valence-electron chi connectivity index (χ2n) is 7.04. The zero-order valence-corrected chi connectivity index (χ0v) is 16.1. The average Bonchev–Trinajstić information content (AvgIpc) is 2.65. The largest absolute Gasteiger partial charge is 0.450 e. The number of carbonyl (C=O) groups is 2. The topological polar surface area (TPSA) is 61.9 Å². The number of likely N-dealkylation sites (N-methyl/N-ethyl adjacent to an activating group) is 1. The van der Waals surface area contributed by atoms with Gasteiger partial charge in [0, 0.05) is 25.7 Å². The van der Waals surface area contributed by atoms with Gasteiger partial charge < -0.3 is 19.9 Å². The molecule has 26 heavy (non-hydrogen) atoms. The Morgan fingerprint density at radius 2 is 2.04 bits per heavy atom. The van der Waals surface area contributed by atoms with Crippen LogP contribution in [0.25, 0.3) is 0 Å². The van der Waals surface area contributed by atoms with E-state index < -0.39 is 0 Å². The van der Waals surface area contributed by atoms with Crippen LogP contribution in [0.5, 0.6) is 0 Å². The molecule has 1 aliphatic heterocycles. The van der Waals surface area contributed by atoms with Crippen molar-refractivity contribution in [3.8, 4) is 0 Å².